The van der Waals surface area contributed by atoms with Crippen molar-refractivity contribution in [1.82, 2.24) is 10.3 Å². The molecule has 2 unspecified atom stereocenters. The Labute approximate surface area is 119 Å². The van der Waals surface area contributed by atoms with Crippen LogP contribution in [0.1, 0.15) is 23.8 Å². The lowest BCUT2D eigenvalue weighted by atomic mass is 10.0. The van der Waals surface area contributed by atoms with E-state index in [2.05, 4.69) is 39.4 Å². The lowest BCUT2D eigenvalue weighted by Gasteiger charge is -2.06. The van der Waals surface area contributed by atoms with Crippen LogP contribution in [0.2, 0.25) is 0 Å². The van der Waals surface area contributed by atoms with E-state index in [0.717, 1.165) is 21.8 Å². The highest BCUT2D eigenvalue weighted by molar-refractivity contribution is 9.10. The summed E-state index contributed by atoms with van der Waals surface area (Å²) in [5.74, 6) is 2.50. The Hall–Kier alpha value is -0.450. The van der Waals surface area contributed by atoms with Crippen molar-refractivity contribution in [2.24, 2.45) is 11.8 Å². The molecule has 0 amide bonds. The maximum Gasteiger partial charge on any atom is 0.0969 e. The number of fused-ring (bicyclic) bond motifs is 2. The molecule has 1 aliphatic carbocycles. The number of aromatic nitrogens is 1. The number of rotatable bonds is 1. The topological polar surface area (TPSA) is 24.9 Å². The second-order valence-electron chi connectivity index (χ2n) is 5.51. The lowest BCUT2D eigenvalue weighted by Crippen LogP contribution is -2.11. The Morgan fingerprint density at radius 1 is 1.22 bits per heavy atom. The molecule has 0 radical (unpaired) electrons. The van der Waals surface area contributed by atoms with Gasteiger partial charge in [0.1, 0.15) is 0 Å². The summed E-state index contributed by atoms with van der Waals surface area (Å²) in [6, 6.07) is 6.42. The molecule has 0 bridgehead atoms. The van der Waals surface area contributed by atoms with Crippen LogP contribution < -0.4 is 5.32 Å². The summed E-state index contributed by atoms with van der Waals surface area (Å²) in [4.78, 5) is 4.85. The number of nitrogens with one attached hydrogen (secondary N) is 1. The summed E-state index contributed by atoms with van der Waals surface area (Å²) in [5, 5.41) is 4.87. The second-order valence-corrected chi connectivity index (χ2v) is 7.49. The van der Waals surface area contributed by atoms with Gasteiger partial charge in [-0.05, 0) is 56.0 Å². The van der Waals surface area contributed by atoms with E-state index in [1.54, 1.807) is 0 Å². The van der Waals surface area contributed by atoms with E-state index in [0.29, 0.717) is 5.92 Å². The largest absolute Gasteiger partial charge is 0.316 e. The van der Waals surface area contributed by atoms with Crippen LogP contribution in [0.25, 0.3) is 10.2 Å². The summed E-state index contributed by atoms with van der Waals surface area (Å²) >= 11 is 5.41. The third-order valence-electron chi connectivity index (χ3n) is 4.37. The Morgan fingerprint density at radius 3 is 2.78 bits per heavy atom. The highest BCUT2D eigenvalue weighted by atomic mass is 79.9. The summed E-state index contributed by atoms with van der Waals surface area (Å²) in [6.07, 6.45) is 2.66. The molecule has 2 nitrogen and oxygen atoms in total. The highest BCUT2D eigenvalue weighted by Gasteiger charge is 2.38. The normalized spacial score (nSPS) is 31.1. The van der Waals surface area contributed by atoms with E-state index in [1.807, 2.05) is 11.3 Å². The molecule has 1 aliphatic heterocycles. The van der Waals surface area contributed by atoms with Crippen molar-refractivity contribution in [3.63, 3.8) is 0 Å². The first-order valence-corrected chi connectivity index (χ1v) is 8.17. The predicted molar refractivity (Wildman–Crippen MR) is 79.1 cm³/mol. The zero-order valence-corrected chi connectivity index (χ0v) is 12.4. The second kappa shape index (κ2) is 4.29. The van der Waals surface area contributed by atoms with Gasteiger partial charge in [-0.25, -0.2) is 4.98 Å². The van der Waals surface area contributed by atoms with Crippen molar-refractivity contribution in [2.45, 2.75) is 18.8 Å². The maximum atomic E-state index is 4.85. The van der Waals surface area contributed by atoms with Gasteiger partial charge in [-0.2, -0.15) is 0 Å². The Bertz CT molecular complexity index is 582. The first-order valence-electron chi connectivity index (χ1n) is 6.56. The van der Waals surface area contributed by atoms with Crippen LogP contribution in [-0.4, -0.2) is 18.1 Å². The van der Waals surface area contributed by atoms with E-state index in [-0.39, 0.29) is 0 Å². The van der Waals surface area contributed by atoms with Crippen LogP contribution in [0.5, 0.6) is 0 Å². The minimum atomic E-state index is 0.707. The minimum Gasteiger partial charge on any atom is -0.316 e. The van der Waals surface area contributed by atoms with Gasteiger partial charge >= 0.3 is 0 Å². The third-order valence-corrected chi connectivity index (χ3v) is 6.06. The molecule has 1 saturated carbocycles. The Morgan fingerprint density at radius 2 is 2.00 bits per heavy atom. The monoisotopic (exact) mass is 322 g/mol. The summed E-state index contributed by atoms with van der Waals surface area (Å²) in [7, 11) is 0. The number of hydrogen-bond acceptors (Lipinski definition) is 3. The average molecular weight is 323 g/mol. The summed E-state index contributed by atoms with van der Waals surface area (Å²) in [6.45, 7) is 2.44. The fraction of sp³-hybridized carbons (Fsp3) is 0.500. The van der Waals surface area contributed by atoms with Crippen LogP contribution >= 0.6 is 27.3 Å². The van der Waals surface area contributed by atoms with E-state index < -0.39 is 0 Å². The van der Waals surface area contributed by atoms with Gasteiger partial charge in [-0.1, -0.05) is 15.9 Å². The van der Waals surface area contributed by atoms with Gasteiger partial charge in [0.05, 0.1) is 15.2 Å². The van der Waals surface area contributed by atoms with E-state index >= 15 is 0 Å². The van der Waals surface area contributed by atoms with Gasteiger partial charge in [0, 0.05) is 10.4 Å². The van der Waals surface area contributed by atoms with Gasteiger partial charge in [0.2, 0.25) is 0 Å². The molecular weight excluding hydrogens is 308 g/mol. The van der Waals surface area contributed by atoms with Gasteiger partial charge in [0.15, 0.2) is 0 Å². The fourth-order valence-corrected chi connectivity index (χ4v) is 4.88. The van der Waals surface area contributed by atoms with Crippen molar-refractivity contribution < 1.29 is 0 Å². The van der Waals surface area contributed by atoms with Crippen molar-refractivity contribution in [2.75, 3.05) is 13.1 Å². The molecule has 1 saturated heterocycles. The number of thiazole rings is 1. The van der Waals surface area contributed by atoms with E-state index in [4.69, 9.17) is 4.98 Å². The molecule has 1 aromatic heterocycles. The SMILES string of the molecule is Brc1ccc2sc(C3CC4CNCC4C3)nc2c1. The smallest absolute Gasteiger partial charge is 0.0969 e. The van der Waals surface area contributed by atoms with Crippen LogP contribution in [0.3, 0.4) is 0 Å². The van der Waals surface area contributed by atoms with Crippen molar-refractivity contribution in [3.05, 3.63) is 27.7 Å². The predicted octanol–water partition coefficient (Wildman–Crippen LogP) is 3.77. The quantitative estimate of drug-likeness (QED) is 0.864. The molecule has 2 fully saturated rings. The fourth-order valence-electron chi connectivity index (χ4n) is 3.46. The number of nitrogens with zero attached hydrogens (tertiary/aromatic N) is 1. The molecule has 2 atom stereocenters. The van der Waals surface area contributed by atoms with Gasteiger partial charge in [0.25, 0.3) is 0 Å². The minimum absolute atomic E-state index is 0.707. The lowest BCUT2D eigenvalue weighted by molar-refractivity contribution is 0.494. The number of hydrogen-bond donors (Lipinski definition) is 1. The van der Waals surface area contributed by atoms with Gasteiger partial charge in [-0.15, -0.1) is 11.3 Å². The zero-order chi connectivity index (χ0) is 12.1. The molecule has 2 aliphatic rings. The summed E-state index contributed by atoms with van der Waals surface area (Å²) in [5.41, 5.74) is 1.15. The van der Waals surface area contributed by atoms with Crippen LogP contribution in [-0.2, 0) is 0 Å². The zero-order valence-electron chi connectivity index (χ0n) is 10.0. The standard InChI is InChI=1S/C14H15BrN2S/c15-11-1-2-13-12(5-11)17-14(18-13)8-3-9-6-16-7-10(9)4-8/h1-2,5,8-10,16H,3-4,6-7H2. The molecule has 2 heterocycles. The van der Waals surface area contributed by atoms with Crippen molar-refractivity contribution in [1.29, 1.82) is 0 Å². The molecule has 1 aromatic carbocycles. The third kappa shape index (κ3) is 1.82. The van der Waals surface area contributed by atoms with Crippen molar-refractivity contribution in [3.8, 4) is 0 Å². The van der Waals surface area contributed by atoms with E-state index in [9.17, 15) is 0 Å². The molecule has 94 valence electrons. The molecule has 1 N–H and O–H groups in total. The maximum absolute atomic E-state index is 4.85. The first-order chi connectivity index (χ1) is 8.79. The Kier molecular flexibility index (Phi) is 2.71. The van der Waals surface area contributed by atoms with Crippen molar-refractivity contribution >= 4 is 37.5 Å². The first kappa shape index (κ1) is 11.4. The number of halogens is 1. The molecule has 0 spiro atoms. The van der Waals surface area contributed by atoms with Gasteiger partial charge in [-0.3, -0.25) is 0 Å². The molecular formula is C14H15BrN2S. The summed E-state index contributed by atoms with van der Waals surface area (Å²) < 4.78 is 2.45. The highest BCUT2D eigenvalue weighted by Crippen LogP contribution is 2.45. The Balaban J connectivity index is 1.67. The average Bonchev–Trinajstić information content (AvgIpc) is 2.99. The van der Waals surface area contributed by atoms with Crippen LogP contribution in [0.4, 0.5) is 0 Å². The molecule has 18 heavy (non-hydrogen) atoms. The van der Waals surface area contributed by atoms with Crippen LogP contribution in [0, 0.1) is 11.8 Å². The van der Waals surface area contributed by atoms with E-state index in [1.165, 1.54) is 35.6 Å². The molecule has 4 rings (SSSR count). The number of benzene rings is 1. The molecule has 4 heteroatoms. The molecule has 2 aromatic rings. The van der Waals surface area contributed by atoms with Gasteiger partial charge < -0.3 is 5.32 Å². The van der Waals surface area contributed by atoms with Crippen LogP contribution in [0.15, 0.2) is 22.7 Å².